The normalized spacial score (nSPS) is 15.1. The number of nitrogens with zero attached hydrogens (tertiary/aromatic N) is 4. The molecule has 1 fully saturated rings. The Bertz CT molecular complexity index is 1270. The fourth-order valence-electron chi connectivity index (χ4n) is 3.36. The average Bonchev–Trinajstić information content (AvgIpc) is 3.59. The van der Waals surface area contributed by atoms with E-state index in [9.17, 15) is 13.2 Å². The van der Waals surface area contributed by atoms with Gasteiger partial charge in [-0.15, -0.1) is 11.3 Å². The van der Waals surface area contributed by atoms with Gasteiger partial charge in [-0.25, -0.2) is 18.4 Å². The second kappa shape index (κ2) is 12.9. The summed E-state index contributed by atoms with van der Waals surface area (Å²) in [5.41, 5.74) is 1.56. The SMILES string of the molecule is C=C(/C=C(\C=C/C)NS(=O)(=O)C1CC1)[C@@H](CCN(C)C)NC(=O)c1ncc(-c2cncc(OCC)n2)s1. The average molecular weight is 547 g/mol. The van der Waals surface area contributed by atoms with Gasteiger partial charge >= 0.3 is 0 Å². The van der Waals surface area contributed by atoms with Crippen molar-refractivity contribution < 1.29 is 17.9 Å². The molecular formula is C25H34N6O4S2. The van der Waals surface area contributed by atoms with E-state index in [0.717, 1.165) is 0 Å². The molecule has 1 amide bonds. The Kier molecular flexibility index (Phi) is 9.95. The van der Waals surface area contributed by atoms with Gasteiger partial charge in [0, 0.05) is 11.9 Å². The van der Waals surface area contributed by atoms with Crippen LogP contribution in [0.15, 0.2) is 54.7 Å². The number of sulfonamides is 1. The number of carbonyl (C=O) groups excluding carboxylic acids is 1. The van der Waals surface area contributed by atoms with Gasteiger partial charge in [0.2, 0.25) is 15.9 Å². The lowest BCUT2D eigenvalue weighted by Crippen LogP contribution is -2.38. The van der Waals surface area contributed by atoms with Crippen LogP contribution in [0.4, 0.5) is 0 Å². The monoisotopic (exact) mass is 546 g/mol. The molecule has 3 rings (SSSR count). The molecule has 2 aromatic rings. The van der Waals surface area contributed by atoms with E-state index in [2.05, 4.69) is 31.6 Å². The van der Waals surface area contributed by atoms with E-state index in [4.69, 9.17) is 4.74 Å². The molecule has 10 nitrogen and oxygen atoms in total. The minimum atomic E-state index is -3.44. The molecule has 2 N–H and O–H groups in total. The van der Waals surface area contributed by atoms with Crippen molar-refractivity contribution in [2.75, 3.05) is 27.2 Å². The van der Waals surface area contributed by atoms with Gasteiger partial charge in [-0.2, -0.15) is 0 Å². The van der Waals surface area contributed by atoms with E-state index < -0.39 is 16.1 Å². The summed E-state index contributed by atoms with van der Waals surface area (Å²) in [5.74, 6) is 0.0510. The van der Waals surface area contributed by atoms with Gasteiger partial charge in [-0.05, 0) is 71.5 Å². The molecule has 37 heavy (non-hydrogen) atoms. The molecule has 1 atom stereocenters. The lowest BCUT2D eigenvalue weighted by atomic mass is 10.0. The fourth-order valence-corrected chi connectivity index (χ4v) is 5.51. The van der Waals surface area contributed by atoms with Gasteiger partial charge in [0.25, 0.3) is 5.91 Å². The maximum absolute atomic E-state index is 13.1. The van der Waals surface area contributed by atoms with E-state index >= 15 is 0 Å². The van der Waals surface area contributed by atoms with Crippen LogP contribution in [0.1, 0.15) is 42.9 Å². The number of nitrogens with one attached hydrogen (secondary N) is 2. The summed E-state index contributed by atoms with van der Waals surface area (Å²) < 4.78 is 33.0. The minimum absolute atomic E-state index is 0.272. The molecule has 0 aromatic carbocycles. The highest BCUT2D eigenvalue weighted by atomic mass is 32.2. The van der Waals surface area contributed by atoms with Crippen molar-refractivity contribution in [3.63, 3.8) is 0 Å². The van der Waals surface area contributed by atoms with Crippen LogP contribution in [0.3, 0.4) is 0 Å². The van der Waals surface area contributed by atoms with Gasteiger partial charge in [0.1, 0.15) is 5.69 Å². The summed E-state index contributed by atoms with van der Waals surface area (Å²) in [6, 6.07) is -0.436. The van der Waals surface area contributed by atoms with Crippen LogP contribution in [-0.2, 0) is 10.0 Å². The van der Waals surface area contributed by atoms with Crippen molar-refractivity contribution >= 4 is 27.3 Å². The summed E-state index contributed by atoms with van der Waals surface area (Å²) >= 11 is 1.20. The van der Waals surface area contributed by atoms with Crippen LogP contribution >= 0.6 is 11.3 Å². The number of ether oxygens (including phenoxy) is 1. The molecule has 0 unspecified atom stereocenters. The third-order valence-electron chi connectivity index (χ3n) is 5.39. The molecule has 1 aliphatic carbocycles. The van der Waals surface area contributed by atoms with Gasteiger partial charge in [-0.3, -0.25) is 14.5 Å². The van der Waals surface area contributed by atoms with Crippen molar-refractivity contribution in [2.24, 2.45) is 0 Å². The van der Waals surface area contributed by atoms with E-state index in [0.29, 0.717) is 60.1 Å². The largest absolute Gasteiger partial charge is 0.477 e. The summed E-state index contributed by atoms with van der Waals surface area (Å²) in [7, 11) is 0.446. The highest BCUT2D eigenvalue weighted by Crippen LogP contribution is 2.28. The second-order valence-electron chi connectivity index (χ2n) is 8.84. The summed E-state index contributed by atoms with van der Waals surface area (Å²) in [4.78, 5) is 28.6. The molecule has 1 aliphatic rings. The Morgan fingerprint density at radius 2 is 2.08 bits per heavy atom. The first-order chi connectivity index (χ1) is 17.6. The summed E-state index contributed by atoms with van der Waals surface area (Å²) in [5, 5.41) is 2.93. The minimum Gasteiger partial charge on any atom is -0.477 e. The molecule has 0 radical (unpaired) electrons. The van der Waals surface area contributed by atoms with Crippen LogP contribution in [0.2, 0.25) is 0 Å². The zero-order chi connectivity index (χ0) is 27.0. The number of rotatable bonds is 14. The van der Waals surface area contributed by atoms with E-state index in [1.54, 1.807) is 30.6 Å². The van der Waals surface area contributed by atoms with Crippen LogP contribution < -0.4 is 14.8 Å². The lowest BCUT2D eigenvalue weighted by Gasteiger charge is -2.21. The second-order valence-corrected chi connectivity index (χ2v) is 11.8. The first-order valence-corrected chi connectivity index (χ1v) is 14.4. The summed E-state index contributed by atoms with van der Waals surface area (Å²) in [6.07, 6.45) is 11.7. The molecule has 200 valence electrons. The first-order valence-electron chi connectivity index (χ1n) is 12.0. The molecule has 12 heteroatoms. The highest BCUT2D eigenvalue weighted by Gasteiger charge is 2.36. The van der Waals surface area contributed by atoms with Crippen molar-refractivity contribution in [1.29, 1.82) is 0 Å². The third-order valence-corrected chi connectivity index (χ3v) is 8.27. The predicted molar refractivity (Wildman–Crippen MR) is 146 cm³/mol. The Balaban J connectivity index is 1.77. The maximum Gasteiger partial charge on any atom is 0.280 e. The molecule has 0 saturated heterocycles. The maximum atomic E-state index is 13.1. The molecule has 2 aromatic heterocycles. The Morgan fingerprint density at radius 3 is 2.73 bits per heavy atom. The number of amides is 1. The zero-order valence-corrected chi connectivity index (χ0v) is 23.2. The smallest absolute Gasteiger partial charge is 0.280 e. The van der Waals surface area contributed by atoms with E-state index in [1.165, 1.54) is 17.5 Å². The number of hydrogen-bond donors (Lipinski definition) is 2. The van der Waals surface area contributed by atoms with Gasteiger partial charge in [0.05, 0.1) is 35.2 Å². The molecule has 1 saturated carbocycles. The van der Waals surface area contributed by atoms with Gasteiger partial charge in [0.15, 0.2) is 5.01 Å². The topological polar surface area (TPSA) is 126 Å². The van der Waals surface area contributed by atoms with Crippen LogP contribution in [0.5, 0.6) is 5.88 Å². The van der Waals surface area contributed by atoms with Crippen molar-refractivity contribution in [2.45, 2.75) is 44.4 Å². The highest BCUT2D eigenvalue weighted by molar-refractivity contribution is 7.90. The molecule has 2 heterocycles. The standard InChI is InChI=1S/C25H34N6O4S2/c1-6-8-18(30-37(33,34)19-9-10-19)13-17(3)20(11-12-31(4)5)29-24(32)25-27-15-22(36-25)21-14-26-16-23(28-21)35-7-2/h6,8,13-16,19-20,30H,3,7,9-12H2,1-2,4-5H3,(H,29,32)/b8-6-,18-13+/t20-/m1/s1. The fraction of sp³-hybridized carbons (Fsp3) is 0.440. The zero-order valence-electron chi connectivity index (χ0n) is 21.6. The van der Waals surface area contributed by atoms with Crippen molar-refractivity contribution in [3.05, 3.63) is 59.7 Å². The molecular weight excluding hydrogens is 512 g/mol. The predicted octanol–water partition coefficient (Wildman–Crippen LogP) is 3.15. The van der Waals surface area contributed by atoms with Crippen LogP contribution in [0, 0.1) is 0 Å². The van der Waals surface area contributed by atoms with Crippen molar-refractivity contribution in [1.82, 2.24) is 29.9 Å². The van der Waals surface area contributed by atoms with Gasteiger partial charge in [-0.1, -0.05) is 12.7 Å². The quantitative estimate of drug-likeness (QED) is 0.346. The molecule has 0 spiro atoms. The van der Waals surface area contributed by atoms with E-state index in [1.807, 2.05) is 32.8 Å². The molecule has 0 aliphatic heterocycles. The summed E-state index contributed by atoms with van der Waals surface area (Å²) in [6.45, 7) is 8.98. The lowest BCUT2D eigenvalue weighted by molar-refractivity contribution is 0.0939. The number of allylic oxidation sites excluding steroid dienone is 2. The Hall–Kier alpha value is -3.09. The van der Waals surface area contributed by atoms with Crippen molar-refractivity contribution in [3.8, 4) is 16.5 Å². The Labute approximate surface area is 222 Å². The number of aromatic nitrogens is 3. The van der Waals surface area contributed by atoms with Gasteiger partial charge < -0.3 is 15.0 Å². The van der Waals surface area contributed by atoms with Crippen LogP contribution in [-0.4, -0.2) is 72.7 Å². The Morgan fingerprint density at radius 1 is 1.32 bits per heavy atom. The third kappa shape index (κ3) is 8.48. The number of thiazole rings is 1. The molecule has 0 bridgehead atoms. The number of carbonyl (C=O) groups is 1. The number of hydrogen-bond acceptors (Lipinski definition) is 9. The van der Waals surface area contributed by atoms with Crippen LogP contribution in [0.25, 0.3) is 10.6 Å². The van der Waals surface area contributed by atoms with E-state index in [-0.39, 0.29) is 16.2 Å². The first kappa shape index (κ1) is 28.5.